The van der Waals surface area contributed by atoms with Crippen molar-refractivity contribution in [2.45, 2.75) is 39.3 Å². The lowest BCUT2D eigenvalue weighted by atomic mass is 10.0. The van der Waals surface area contributed by atoms with Crippen LogP contribution >= 0.6 is 0 Å². The largest absolute Gasteiger partial charge is 0.290 e. The maximum Gasteiger partial charge on any atom is 0.282 e. The first-order valence-corrected chi connectivity index (χ1v) is 7.52. The van der Waals surface area contributed by atoms with Crippen LogP contribution in [0.4, 0.5) is 11.5 Å². The summed E-state index contributed by atoms with van der Waals surface area (Å²) in [6.45, 7) is 5.81. The number of carbonyl (C=O) groups excluding carboxylic acids is 1. The fraction of sp³-hybridized carbons (Fsp3) is 0.375. The summed E-state index contributed by atoms with van der Waals surface area (Å²) in [6, 6.07) is 6.50. The Kier molecular flexibility index (Phi) is 3.63. The van der Waals surface area contributed by atoms with Crippen molar-refractivity contribution in [3.05, 3.63) is 51.7 Å². The summed E-state index contributed by atoms with van der Waals surface area (Å²) in [5.74, 6) is 0.318. The van der Waals surface area contributed by atoms with Gasteiger partial charge in [0.25, 0.3) is 11.6 Å². The molecule has 0 saturated heterocycles. The van der Waals surface area contributed by atoms with Gasteiger partial charge >= 0.3 is 0 Å². The van der Waals surface area contributed by atoms with E-state index in [0.29, 0.717) is 5.82 Å². The Morgan fingerprint density at radius 2 is 2.04 bits per heavy atom. The van der Waals surface area contributed by atoms with Crippen LogP contribution in [0.5, 0.6) is 0 Å². The zero-order valence-electron chi connectivity index (χ0n) is 13.3. The van der Waals surface area contributed by atoms with E-state index < -0.39 is 4.92 Å². The Labute approximate surface area is 133 Å². The fourth-order valence-corrected chi connectivity index (χ4v) is 3.18. The van der Waals surface area contributed by atoms with Crippen LogP contribution in [0.25, 0.3) is 0 Å². The molecule has 7 heteroatoms. The average Bonchev–Trinajstić information content (AvgIpc) is 2.96. The van der Waals surface area contributed by atoms with Crippen molar-refractivity contribution in [1.82, 2.24) is 9.78 Å². The molecule has 0 radical (unpaired) electrons. The lowest BCUT2D eigenvalue weighted by molar-refractivity contribution is -0.385. The SMILES string of the molecule is Cc1ccc([N+](=O)[O-])c(C(=O)N2c3ccnn3[C@@H](C)C[C@@H]2C)c1. The van der Waals surface area contributed by atoms with Gasteiger partial charge in [-0.1, -0.05) is 6.07 Å². The molecule has 0 fully saturated rings. The topological polar surface area (TPSA) is 81.3 Å². The number of benzene rings is 1. The molecule has 3 rings (SSSR count). The molecule has 1 aliphatic heterocycles. The number of aryl methyl sites for hydroxylation is 1. The quantitative estimate of drug-likeness (QED) is 0.630. The van der Waals surface area contributed by atoms with Crippen LogP contribution in [0.2, 0.25) is 0 Å². The van der Waals surface area contributed by atoms with E-state index in [-0.39, 0.29) is 29.2 Å². The molecular formula is C16H18N4O3. The first-order valence-electron chi connectivity index (χ1n) is 7.52. The summed E-state index contributed by atoms with van der Waals surface area (Å²) in [6.07, 6.45) is 2.40. The fourth-order valence-electron chi connectivity index (χ4n) is 3.18. The molecule has 0 saturated carbocycles. The van der Waals surface area contributed by atoms with Crippen LogP contribution in [0, 0.1) is 17.0 Å². The van der Waals surface area contributed by atoms with Gasteiger partial charge in [0, 0.05) is 18.2 Å². The normalized spacial score (nSPS) is 20.2. The molecule has 2 aromatic rings. The second-order valence-electron chi connectivity index (χ2n) is 6.02. The van der Waals surface area contributed by atoms with E-state index in [9.17, 15) is 14.9 Å². The monoisotopic (exact) mass is 314 g/mol. The predicted molar refractivity (Wildman–Crippen MR) is 85.7 cm³/mol. The third kappa shape index (κ3) is 2.48. The molecule has 120 valence electrons. The van der Waals surface area contributed by atoms with Gasteiger partial charge in [0.2, 0.25) is 0 Å². The molecule has 2 heterocycles. The molecular weight excluding hydrogens is 296 g/mol. The van der Waals surface area contributed by atoms with E-state index in [0.717, 1.165) is 12.0 Å². The summed E-state index contributed by atoms with van der Waals surface area (Å²) >= 11 is 0. The number of nitro groups is 1. The predicted octanol–water partition coefficient (Wildman–Crippen LogP) is 3.10. The number of amides is 1. The van der Waals surface area contributed by atoms with Crippen molar-refractivity contribution in [2.75, 3.05) is 4.90 Å². The molecule has 1 aromatic carbocycles. The van der Waals surface area contributed by atoms with E-state index in [1.165, 1.54) is 6.07 Å². The Hall–Kier alpha value is -2.70. The van der Waals surface area contributed by atoms with Crippen LogP contribution in [0.15, 0.2) is 30.5 Å². The summed E-state index contributed by atoms with van der Waals surface area (Å²) in [4.78, 5) is 25.4. The van der Waals surface area contributed by atoms with Gasteiger partial charge in [0.1, 0.15) is 11.4 Å². The highest BCUT2D eigenvalue weighted by Crippen LogP contribution is 2.33. The van der Waals surface area contributed by atoms with E-state index in [2.05, 4.69) is 5.10 Å². The van der Waals surface area contributed by atoms with Crippen molar-refractivity contribution < 1.29 is 9.72 Å². The van der Waals surface area contributed by atoms with Crippen molar-refractivity contribution in [2.24, 2.45) is 0 Å². The zero-order chi connectivity index (χ0) is 16.7. The van der Waals surface area contributed by atoms with Crippen LogP contribution in [0.1, 0.15) is 42.2 Å². The van der Waals surface area contributed by atoms with Crippen molar-refractivity contribution in [3.63, 3.8) is 0 Å². The lowest BCUT2D eigenvalue weighted by Gasteiger charge is -2.36. The van der Waals surface area contributed by atoms with Gasteiger partial charge in [0.15, 0.2) is 0 Å². The Morgan fingerprint density at radius 1 is 1.30 bits per heavy atom. The van der Waals surface area contributed by atoms with Gasteiger partial charge in [-0.05, 0) is 38.8 Å². The smallest absolute Gasteiger partial charge is 0.282 e. The van der Waals surface area contributed by atoms with E-state index in [1.54, 1.807) is 34.0 Å². The molecule has 1 aliphatic rings. The summed E-state index contributed by atoms with van der Waals surface area (Å²) < 4.78 is 1.79. The number of aromatic nitrogens is 2. The highest BCUT2D eigenvalue weighted by Gasteiger charge is 2.35. The molecule has 0 N–H and O–H groups in total. The summed E-state index contributed by atoms with van der Waals surface area (Å²) in [5, 5.41) is 15.5. The zero-order valence-corrected chi connectivity index (χ0v) is 13.3. The highest BCUT2D eigenvalue weighted by molar-refractivity contribution is 6.08. The second kappa shape index (κ2) is 5.49. The summed E-state index contributed by atoms with van der Waals surface area (Å²) in [7, 11) is 0. The third-order valence-corrected chi connectivity index (χ3v) is 4.23. The number of nitro benzene ring substituents is 1. The minimum atomic E-state index is -0.513. The van der Waals surface area contributed by atoms with E-state index >= 15 is 0 Å². The van der Waals surface area contributed by atoms with Crippen molar-refractivity contribution >= 4 is 17.4 Å². The van der Waals surface area contributed by atoms with Gasteiger partial charge in [0.05, 0.1) is 17.2 Å². The maximum atomic E-state index is 13.0. The van der Waals surface area contributed by atoms with E-state index in [1.807, 2.05) is 20.8 Å². The molecule has 2 atom stereocenters. The molecule has 7 nitrogen and oxygen atoms in total. The minimum Gasteiger partial charge on any atom is -0.290 e. The Morgan fingerprint density at radius 3 is 2.74 bits per heavy atom. The van der Waals surface area contributed by atoms with Gasteiger partial charge in [-0.3, -0.25) is 19.8 Å². The van der Waals surface area contributed by atoms with Gasteiger partial charge in [-0.25, -0.2) is 4.68 Å². The molecule has 0 unspecified atom stereocenters. The second-order valence-corrected chi connectivity index (χ2v) is 6.02. The number of nitrogens with zero attached hydrogens (tertiary/aromatic N) is 4. The molecule has 0 bridgehead atoms. The first kappa shape index (κ1) is 15.2. The lowest BCUT2D eigenvalue weighted by Crippen LogP contribution is -2.45. The highest BCUT2D eigenvalue weighted by atomic mass is 16.6. The van der Waals surface area contributed by atoms with Gasteiger partial charge in [-0.15, -0.1) is 0 Å². The van der Waals surface area contributed by atoms with Crippen LogP contribution < -0.4 is 4.90 Å². The number of rotatable bonds is 2. The van der Waals surface area contributed by atoms with Gasteiger partial charge < -0.3 is 0 Å². The standard InChI is InChI=1S/C16H18N4O3/c1-10-4-5-14(20(22)23)13(8-10)16(21)18-11(2)9-12(3)19-15(18)6-7-17-19/h4-8,11-12H,9H2,1-3H3/t11-,12-/m0/s1. The summed E-state index contributed by atoms with van der Waals surface area (Å²) in [5.41, 5.74) is 0.757. The molecule has 23 heavy (non-hydrogen) atoms. The Balaban J connectivity index is 2.10. The van der Waals surface area contributed by atoms with Crippen molar-refractivity contribution in [1.29, 1.82) is 0 Å². The Bertz CT molecular complexity index is 783. The molecule has 1 amide bonds. The van der Waals surface area contributed by atoms with E-state index in [4.69, 9.17) is 0 Å². The first-order chi connectivity index (χ1) is 10.9. The van der Waals surface area contributed by atoms with Crippen LogP contribution in [-0.4, -0.2) is 26.7 Å². The molecule has 0 spiro atoms. The number of anilines is 1. The van der Waals surface area contributed by atoms with Crippen molar-refractivity contribution in [3.8, 4) is 0 Å². The van der Waals surface area contributed by atoms with Crippen LogP contribution in [-0.2, 0) is 0 Å². The third-order valence-electron chi connectivity index (χ3n) is 4.23. The van der Waals surface area contributed by atoms with Crippen LogP contribution in [0.3, 0.4) is 0 Å². The number of fused-ring (bicyclic) bond motifs is 1. The number of hydrogen-bond donors (Lipinski definition) is 0. The minimum absolute atomic E-state index is 0.0539. The molecule has 0 aliphatic carbocycles. The van der Waals surface area contributed by atoms with Gasteiger partial charge in [-0.2, -0.15) is 5.10 Å². The number of carbonyl (C=O) groups is 1. The average molecular weight is 314 g/mol. The molecule has 1 aromatic heterocycles. The number of hydrogen-bond acceptors (Lipinski definition) is 4. The maximum absolute atomic E-state index is 13.0.